The fourth-order valence-corrected chi connectivity index (χ4v) is 2.28. The van der Waals surface area contributed by atoms with Crippen molar-refractivity contribution < 1.29 is 9.47 Å². The molecule has 0 spiro atoms. The Morgan fingerprint density at radius 2 is 1.75 bits per heavy atom. The van der Waals surface area contributed by atoms with Gasteiger partial charge in [-0.15, -0.1) is 0 Å². The number of aromatic amines is 1. The van der Waals surface area contributed by atoms with Gasteiger partial charge in [0.1, 0.15) is 18.1 Å². The molecule has 0 aliphatic heterocycles. The lowest BCUT2D eigenvalue weighted by atomic mass is 10.1. The van der Waals surface area contributed by atoms with Gasteiger partial charge in [-0.05, 0) is 42.0 Å². The van der Waals surface area contributed by atoms with E-state index in [9.17, 15) is 0 Å². The smallest absolute Gasteiger partial charge is 0.172 e. The predicted molar refractivity (Wildman–Crippen MR) is 91.2 cm³/mol. The van der Waals surface area contributed by atoms with Crippen LogP contribution in [0.1, 0.15) is 23.3 Å². The molecule has 1 heterocycles. The van der Waals surface area contributed by atoms with Crippen molar-refractivity contribution >= 4 is 11.6 Å². The van der Waals surface area contributed by atoms with Crippen molar-refractivity contribution in [3.05, 3.63) is 70.8 Å². The Balaban J connectivity index is 1.64. The maximum absolute atomic E-state index is 6.20. The highest BCUT2D eigenvalue weighted by molar-refractivity contribution is 6.30. The first-order chi connectivity index (χ1) is 11.7. The molecule has 24 heavy (non-hydrogen) atoms. The molecule has 1 atom stereocenters. The lowest BCUT2D eigenvalue weighted by Gasteiger charge is -2.08. The van der Waals surface area contributed by atoms with Gasteiger partial charge < -0.3 is 15.2 Å². The largest absolute Gasteiger partial charge is 0.497 e. The highest BCUT2D eigenvalue weighted by atomic mass is 35.5. The number of nitrogens with two attached hydrogens (primary N) is 1. The molecule has 0 fully saturated rings. The van der Waals surface area contributed by atoms with Crippen LogP contribution in [0, 0.1) is 0 Å². The van der Waals surface area contributed by atoms with Gasteiger partial charge in [-0.3, -0.25) is 5.10 Å². The number of rotatable bonds is 6. The van der Waals surface area contributed by atoms with Crippen molar-refractivity contribution in [2.75, 3.05) is 7.11 Å². The van der Waals surface area contributed by atoms with Crippen LogP contribution in [0.15, 0.2) is 48.5 Å². The number of nitrogens with zero attached hydrogens (tertiary/aromatic N) is 2. The van der Waals surface area contributed by atoms with E-state index in [4.69, 9.17) is 26.8 Å². The summed E-state index contributed by atoms with van der Waals surface area (Å²) in [7, 11) is 1.62. The third kappa shape index (κ3) is 3.84. The summed E-state index contributed by atoms with van der Waals surface area (Å²) >= 11 is 5.84. The van der Waals surface area contributed by atoms with E-state index in [0.717, 1.165) is 11.3 Å². The molecular formula is C17H17ClN4O2. The Labute approximate surface area is 144 Å². The maximum atomic E-state index is 6.20. The molecule has 0 radical (unpaired) electrons. The van der Waals surface area contributed by atoms with Gasteiger partial charge in [-0.1, -0.05) is 23.7 Å². The van der Waals surface area contributed by atoms with Crippen molar-refractivity contribution in [3.63, 3.8) is 0 Å². The zero-order valence-corrected chi connectivity index (χ0v) is 13.8. The number of hydrogen-bond donors (Lipinski definition) is 2. The second kappa shape index (κ2) is 7.33. The molecule has 2 aromatic carbocycles. The fraction of sp³-hybridized carbons (Fsp3) is 0.176. The van der Waals surface area contributed by atoms with Gasteiger partial charge in [0.15, 0.2) is 11.6 Å². The molecule has 3 aromatic rings. The Morgan fingerprint density at radius 1 is 1.08 bits per heavy atom. The molecule has 1 aromatic heterocycles. The van der Waals surface area contributed by atoms with Crippen molar-refractivity contribution in [3.8, 4) is 11.5 Å². The molecule has 0 amide bonds. The Bertz CT molecular complexity index is 787. The minimum absolute atomic E-state index is 0.268. The zero-order valence-electron chi connectivity index (χ0n) is 13.1. The second-order valence-corrected chi connectivity index (χ2v) is 5.57. The van der Waals surface area contributed by atoms with Crippen LogP contribution in [0.3, 0.4) is 0 Å². The number of halogens is 1. The first-order valence-corrected chi connectivity index (χ1v) is 7.72. The molecule has 0 bridgehead atoms. The van der Waals surface area contributed by atoms with E-state index in [0.29, 0.717) is 22.4 Å². The van der Waals surface area contributed by atoms with Crippen LogP contribution in [0.4, 0.5) is 0 Å². The quantitative estimate of drug-likeness (QED) is 0.717. The van der Waals surface area contributed by atoms with Crippen LogP contribution in [-0.2, 0) is 6.61 Å². The van der Waals surface area contributed by atoms with Gasteiger partial charge in [0.2, 0.25) is 0 Å². The Hall–Kier alpha value is -2.57. The number of ether oxygens (including phenoxy) is 2. The minimum atomic E-state index is -0.420. The normalized spacial score (nSPS) is 12.0. The van der Waals surface area contributed by atoms with E-state index in [1.165, 1.54) is 0 Å². The van der Waals surface area contributed by atoms with Crippen molar-refractivity contribution in [2.45, 2.75) is 12.6 Å². The van der Waals surface area contributed by atoms with Gasteiger partial charge in [0, 0.05) is 5.02 Å². The second-order valence-electron chi connectivity index (χ2n) is 5.13. The Morgan fingerprint density at radius 3 is 2.42 bits per heavy atom. The van der Waals surface area contributed by atoms with Crippen molar-refractivity contribution in [2.24, 2.45) is 5.73 Å². The number of benzene rings is 2. The molecular weight excluding hydrogens is 328 g/mol. The van der Waals surface area contributed by atoms with Crippen LogP contribution >= 0.6 is 11.6 Å². The van der Waals surface area contributed by atoms with Crippen molar-refractivity contribution in [1.29, 1.82) is 0 Å². The summed E-state index contributed by atoms with van der Waals surface area (Å²) in [4.78, 5) is 4.39. The van der Waals surface area contributed by atoms with E-state index in [2.05, 4.69) is 15.2 Å². The number of H-pyrrole nitrogens is 1. The number of methoxy groups -OCH3 is 1. The molecule has 1 unspecified atom stereocenters. The molecule has 0 saturated heterocycles. The highest BCUT2D eigenvalue weighted by Crippen LogP contribution is 2.20. The van der Waals surface area contributed by atoms with Gasteiger partial charge in [-0.25, -0.2) is 4.98 Å². The van der Waals surface area contributed by atoms with Crippen LogP contribution in [0.5, 0.6) is 11.5 Å². The van der Waals surface area contributed by atoms with Crippen LogP contribution in [0.25, 0.3) is 0 Å². The molecule has 124 valence electrons. The minimum Gasteiger partial charge on any atom is -0.497 e. The summed E-state index contributed by atoms with van der Waals surface area (Å²) in [6.45, 7) is 0.268. The fourth-order valence-electron chi connectivity index (χ4n) is 2.16. The predicted octanol–water partition coefficient (Wildman–Crippen LogP) is 3.09. The summed E-state index contributed by atoms with van der Waals surface area (Å²) < 4.78 is 10.8. The monoisotopic (exact) mass is 344 g/mol. The lowest BCUT2D eigenvalue weighted by molar-refractivity contribution is 0.296. The zero-order chi connectivity index (χ0) is 16.9. The van der Waals surface area contributed by atoms with E-state index in [1.54, 1.807) is 31.4 Å². The average molecular weight is 345 g/mol. The number of aromatic nitrogens is 3. The van der Waals surface area contributed by atoms with Crippen LogP contribution < -0.4 is 15.2 Å². The molecule has 0 aliphatic rings. The number of hydrogen-bond acceptors (Lipinski definition) is 5. The van der Waals surface area contributed by atoms with E-state index in [-0.39, 0.29) is 6.61 Å². The molecule has 3 rings (SSSR count). The van der Waals surface area contributed by atoms with Crippen LogP contribution in [-0.4, -0.2) is 22.3 Å². The summed E-state index contributed by atoms with van der Waals surface area (Å²) in [6.07, 6.45) is 0. The molecule has 0 aliphatic carbocycles. The summed E-state index contributed by atoms with van der Waals surface area (Å²) in [6, 6.07) is 14.2. The maximum Gasteiger partial charge on any atom is 0.172 e. The number of nitrogens with one attached hydrogen (secondary N) is 1. The topological polar surface area (TPSA) is 86.0 Å². The van der Waals surface area contributed by atoms with Gasteiger partial charge in [0.25, 0.3) is 0 Å². The first kappa shape index (κ1) is 16.3. The first-order valence-electron chi connectivity index (χ1n) is 7.35. The van der Waals surface area contributed by atoms with Crippen LogP contribution in [0.2, 0.25) is 5.02 Å². The summed E-state index contributed by atoms with van der Waals surface area (Å²) in [5.74, 6) is 2.59. The third-order valence-corrected chi connectivity index (χ3v) is 3.74. The van der Waals surface area contributed by atoms with E-state index in [1.807, 2.05) is 24.3 Å². The molecule has 6 nitrogen and oxygen atoms in total. The SMILES string of the molecule is COc1ccc(C(N)c2n[nH]c(COc3ccc(Cl)cc3)n2)cc1. The molecule has 3 N–H and O–H groups in total. The Kier molecular flexibility index (Phi) is 4.98. The standard InChI is InChI=1S/C17H17ClN4O2/c1-23-13-6-2-11(3-7-13)16(19)17-20-15(21-22-17)10-24-14-8-4-12(18)5-9-14/h2-9,16H,10,19H2,1H3,(H,20,21,22). The lowest BCUT2D eigenvalue weighted by Crippen LogP contribution is -2.13. The van der Waals surface area contributed by atoms with Crippen molar-refractivity contribution in [1.82, 2.24) is 15.2 Å². The molecule has 0 saturated carbocycles. The van der Waals surface area contributed by atoms with Gasteiger partial charge in [0.05, 0.1) is 13.2 Å². The highest BCUT2D eigenvalue weighted by Gasteiger charge is 2.15. The summed E-state index contributed by atoms with van der Waals surface area (Å²) in [5, 5.41) is 7.67. The summed E-state index contributed by atoms with van der Waals surface area (Å²) in [5.41, 5.74) is 7.11. The molecule has 7 heteroatoms. The average Bonchev–Trinajstić information content (AvgIpc) is 3.10. The van der Waals surface area contributed by atoms with E-state index < -0.39 is 6.04 Å². The van der Waals surface area contributed by atoms with Gasteiger partial charge >= 0.3 is 0 Å². The van der Waals surface area contributed by atoms with Gasteiger partial charge in [-0.2, -0.15) is 5.10 Å². The van der Waals surface area contributed by atoms with E-state index >= 15 is 0 Å². The third-order valence-electron chi connectivity index (χ3n) is 3.49.